The minimum absolute atomic E-state index is 0.123. The van der Waals surface area contributed by atoms with E-state index in [1.165, 1.54) is 13.4 Å². The van der Waals surface area contributed by atoms with Gasteiger partial charge in [-0.25, -0.2) is 9.78 Å². The van der Waals surface area contributed by atoms with Crippen LogP contribution in [0.25, 0.3) is 0 Å². The number of hydrogen-bond acceptors (Lipinski definition) is 4. The summed E-state index contributed by atoms with van der Waals surface area (Å²) < 4.78 is 4.32. The molecule has 0 radical (unpaired) electrons. The summed E-state index contributed by atoms with van der Waals surface area (Å²) in [5, 5.41) is 5.81. The van der Waals surface area contributed by atoms with Gasteiger partial charge in [-0.15, -0.1) is 0 Å². The van der Waals surface area contributed by atoms with E-state index in [4.69, 9.17) is 0 Å². The van der Waals surface area contributed by atoms with Crippen LogP contribution < -0.4 is 0 Å². The lowest BCUT2D eigenvalue weighted by Gasteiger charge is -1.88. The normalized spacial score (nSPS) is 9.00. The molecular formula is C4H5N3O2. The lowest BCUT2D eigenvalue weighted by molar-refractivity contribution is 0.0587. The highest BCUT2D eigenvalue weighted by atomic mass is 16.6. The Bertz CT molecular complexity index is 194. The average Bonchev–Trinajstić information content (AvgIpc) is 2.37. The zero-order valence-electron chi connectivity index (χ0n) is 4.79. The highest BCUT2D eigenvalue weighted by Gasteiger charge is 2.05. The maximum atomic E-state index is 10.5. The van der Waals surface area contributed by atoms with E-state index in [0.717, 1.165) is 0 Å². The summed E-state index contributed by atoms with van der Waals surface area (Å²) in [6.07, 6.45) is 1.24. The Morgan fingerprint density at radius 3 is 3.11 bits per heavy atom. The highest BCUT2D eigenvalue weighted by molar-refractivity contribution is 5.84. The van der Waals surface area contributed by atoms with Crippen LogP contribution in [0.2, 0.25) is 0 Å². The molecule has 0 saturated carbocycles. The number of aromatic nitrogens is 3. The molecule has 0 aliphatic carbocycles. The highest BCUT2D eigenvalue weighted by Crippen LogP contribution is 1.86. The number of carbonyl (C=O) groups is 1. The Morgan fingerprint density at radius 2 is 2.67 bits per heavy atom. The number of methoxy groups -OCH3 is 1. The summed E-state index contributed by atoms with van der Waals surface area (Å²) in [4.78, 5) is 14.1. The number of nitrogens with zero attached hydrogens (tertiary/aromatic N) is 2. The second kappa shape index (κ2) is 2.25. The van der Waals surface area contributed by atoms with E-state index in [1.807, 2.05) is 0 Å². The first-order valence-corrected chi connectivity index (χ1v) is 2.28. The first kappa shape index (κ1) is 5.74. The second-order valence-electron chi connectivity index (χ2n) is 1.33. The van der Waals surface area contributed by atoms with Crippen LogP contribution in [0.5, 0.6) is 0 Å². The van der Waals surface area contributed by atoms with Gasteiger partial charge in [0.2, 0.25) is 5.82 Å². The standard InChI is InChI=1S/C4H5N3O2/c1-9-4(8)3-5-2-6-7-3/h2H,1H3,(H,5,6,7)/i2+1,3+1,4+1,5+1,6+1,7+1. The van der Waals surface area contributed by atoms with Crippen molar-refractivity contribution in [3.63, 3.8) is 0 Å². The van der Waals surface area contributed by atoms with Crippen LogP contribution in [0.4, 0.5) is 0 Å². The van der Waals surface area contributed by atoms with E-state index in [2.05, 4.69) is 19.9 Å². The van der Waals surface area contributed by atoms with Gasteiger partial charge in [-0.3, -0.25) is 5.10 Å². The van der Waals surface area contributed by atoms with Crippen molar-refractivity contribution in [2.75, 3.05) is 7.11 Å². The molecule has 1 heterocycles. The van der Waals surface area contributed by atoms with Gasteiger partial charge in [0.25, 0.3) is 0 Å². The number of esters is 1. The Labute approximate surface area is 51.1 Å². The largest absolute Gasteiger partial charge is 0.463 e. The molecule has 1 rings (SSSR count). The average molecular weight is 133 g/mol. The molecule has 0 atom stereocenters. The number of aromatic amines is 1. The van der Waals surface area contributed by atoms with Gasteiger partial charge < -0.3 is 4.74 Å². The van der Waals surface area contributed by atoms with Gasteiger partial charge >= 0.3 is 5.97 Å². The minimum atomic E-state index is -0.507. The third-order valence-electron chi connectivity index (χ3n) is 0.794. The van der Waals surface area contributed by atoms with Crippen LogP contribution in [0, 0.1) is 0 Å². The summed E-state index contributed by atoms with van der Waals surface area (Å²) in [5.74, 6) is -0.384. The van der Waals surface area contributed by atoms with Gasteiger partial charge in [0.1, 0.15) is 6.33 Å². The molecule has 0 unspecified atom stereocenters. The zero-order valence-corrected chi connectivity index (χ0v) is 4.79. The monoisotopic (exact) mass is 133 g/mol. The molecule has 0 bridgehead atoms. The lowest BCUT2D eigenvalue weighted by atomic mass is 11.5. The van der Waals surface area contributed by atoms with Crippen LogP contribution in [0.3, 0.4) is 0 Å². The molecule has 0 amide bonds. The Morgan fingerprint density at radius 1 is 1.89 bits per heavy atom. The topological polar surface area (TPSA) is 67.9 Å². The molecule has 0 aliphatic rings. The lowest BCUT2D eigenvalue weighted by Crippen LogP contribution is -2.02. The van der Waals surface area contributed by atoms with Gasteiger partial charge in [-0.05, 0) is 0 Å². The fourth-order valence-corrected chi connectivity index (χ4v) is 0.401. The molecule has 0 fully saturated rings. The van der Waals surface area contributed by atoms with Crippen molar-refractivity contribution in [1.29, 1.82) is 0 Å². The van der Waals surface area contributed by atoms with Crippen LogP contribution in [0.1, 0.15) is 10.6 Å². The molecule has 1 aromatic heterocycles. The number of H-pyrrole nitrogens is 1. The summed E-state index contributed by atoms with van der Waals surface area (Å²) in [6, 6.07) is 0. The molecule has 0 aliphatic heterocycles. The predicted molar refractivity (Wildman–Crippen MR) is 27.7 cm³/mol. The molecule has 48 valence electrons. The predicted octanol–water partition coefficient (Wildman–Crippen LogP) is -0.409. The van der Waals surface area contributed by atoms with E-state index in [0.29, 0.717) is 0 Å². The van der Waals surface area contributed by atoms with Crippen molar-refractivity contribution in [2.45, 2.75) is 0 Å². The second-order valence-corrected chi connectivity index (χ2v) is 1.33. The molecule has 1 N–H and O–H groups in total. The number of hydrogen-bond donors (Lipinski definition) is 1. The van der Waals surface area contributed by atoms with Gasteiger partial charge in [-0.2, -0.15) is 5.10 Å². The maximum Gasteiger partial charge on any atom is 0.375 e. The number of carbonyl (C=O) groups excluding carboxylic acids is 1. The van der Waals surface area contributed by atoms with E-state index < -0.39 is 5.97 Å². The fourth-order valence-electron chi connectivity index (χ4n) is 0.401. The van der Waals surface area contributed by atoms with Crippen molar-refractivity contribution in [2.24, 2.45) is 0 Å². The van der Waals surface area contributed by atoms with E-state index in [1.54, 1.807) is 0 Å². The Hall–Kier alpha value is -1.39. The SMILES string of the molecule is CO[13C](=O)[13c]1[15n][13cH][15n][15nH]1. The van der Waals surface area contributed by atoms with Crippen molar-refractivity contribution < 1.29 is 9.53 Å². The summed E-state index contributed by atoms with van der Waals surface area (Å²) in [6.45, 7) is 0. The van der Waals surface area contributed by atoms with Gasteiger partial charge in [0.15, 0.2) is 0 Å². The Balaban J connectivity index is 2.77. The van der Waals surface area contributed by atoms with Gasteiger partial charge in [0, 0.05) is 0 Å². The van der Waals surface area contributed by atoms with Crippen LogP contribution in [-0.4, -0.2) is 28.3 Å². The van der Waals surface area contributed by atoms with Crippen LogP contribution in [-0.2, 0) is 4.74 Å². The van der Waals surface area contributed by atoms with Crippen molar-refractivity contribution in [3.05, 3.63) is 12.2 Å². The number of ether oxygens (including phenoxy) is 1. The summed E-state index contributed by atoms with van der Waals surface area (Å²) >= 11 is 0. The number of nitrogens with one attached hydrogen (secondary N) is 1. The zero-order chi connectivity index (χ0) is 6.69. The smallest absolute Gasteiger partial charge is 0.375 e. The van der Waals surface area contributed by atoms with Gasteiger partial charge in [-0.1, -0.05) is 0 Å². The molecule has 0 aromatic carbocycles. The Kier molecular flexibility index (Phi) is 1.44. The van der Waals surface area contributed by atoms with Crippen molar-refractivity contribution in [1.82, 2.24) is 15.2 Å². The van der Waals surface area contributed by atoms with Crippen molar-refractivity contribution >= 4 is 5.97 Å². The molecular weight excluding hydrogens is 128 g/mol. The summed E-state index contributed by atoms with van der Waals surface area (Å²) in [5.41, 5.74) is 0. The molecule has 5 nitrogen and oxygen atoms in total. The van der Waals surface area contributed by atoms with Crippen molar-refractivity contribution in [3.8, 4) is 0 Å². The van der Waals surface area contributed by atoms with Gasteiger partial charge in [0.05, 0.1) is 7.11 Å². The van der Waals surface area contributed by atoms with Crippen LogP contribution in [0.15, 0.2) is 6.33 Å². The van der Waals surface area contributed by atoms with E-state index in [9.17, 15) is 4.79 Å². The van der Waals surface area contributed by atoms with E-state index in [-0.39, 0.29) is 5.82 Å². The molecule has 5 heteroatoms. The molecule has 0 saturated heterocycles. The third kappa shape index (κ3) is 1.04. The molecule has 1 aromatic rings. The van der Waals surface area contributed by atoms with E-state index >= 15 is 0 Å². The first-order valence-electron chi connectivity index (χ1n) is 2.28. The van der Waals surface area contributed by atoms with Crippen LogP contribution >= 0.6 is 0 Å². The minimum Gasteiger partial charge on any atom is -0.463 e. The quantitative estimate of drug-likeness (QED) is 0.417. The number of rotatable bonds is 1. The molecule has 9 heavy (non-hydrogen) atoms. The molecule has 0 spiro atoms. The maximum absolute atomic E-state index is 10.5. The third-order valence-corrected chi connectivity index (χ3v) is 0.794. The fraction of sp³-hybridized carbons (Fsp3) is 0.250. The first-order chi connectivity index (χ1) is 4.34. The summed E-state index contributed by atoms with van der Waals surface area (Å²) in [7, 11) is 1.28.